The van der Waals surface area contributed by atoms with Gasteiger partial charge in [-0.15, -0.1) is 11.8 Å². The molecule has 0 bridgehead atoms. The molecule has 208 valence electrons. The van der Waals surface area contributed by atoms with E-state index in [9.17, 15) is 4.79 Å². The number of carbonyl (C=O) groups excluding carboxylic acids is 1. The monoisotopic (exact) mass is 521 g/mol. The van der Waals surface area contributed by atoms with E-state index in [0.29, 0.717) is 58.5 Å². The highest BCUT2D eigenvalue weighted by molar-refractivity contribution is 8.01. The van der Waals surface area contributed by atoms with Gasteiger partial charge in [-0.1, -0.05) is 13.3 Å². The minimum atomic E-state index is 0.0334. The number of rotatable bonds is 23. The number of methoxy groups -OCH3 is 1. The number of hydrogen-bond donors (Lipinski definition) is 1. The molecule has 1 amide bonds. The lowest BCUT2D eigenvalue weighted by molar-refractivity contribution is -0.118. The number of unbranched alkanes of at least 4 members (excludes halogenated alkanes) is 1. The number of thioether (sulfide) groups is 1. The molecule has 0 saturated carbocycles. The van der Waals surface area contributed by atoms with E-state index in [0.717, 1.165) is 65.3 Å². The van der Waals surface area contributed by atoms with Gasteiger partial charge in [0.25, 0.3) is 0 Å². The van der Waals surface area contributed by atoms with E-state index < -0.39 is 0 Å². The van der Waals surface area contributed by atoms with E-state index >= 15 is 0 Å². The number of nitrogens with zero attached hydrogens (tertiary/aromatic N) is 2. The number of carbonyl (C=O) groups is 1. The van der Waals surface area contributed by atoms with Crippen LogP contribution in [0.2, 0.25) is 0 Å². The van der Waals surface area contributed by atoms with Crippen LogP contribution in [0.3, 0.4) is 0 Å². The highest BCUT2D eigenvalue weighted by atomic mass is 32.2. The fourth-order valence-corrected chi connectivity index (χ4v) is 4.46. The SMILES string of the molecule is CCCCOCCOCCOCCOCCNC(=O)CSC(C)(C)CN1CCN(CCOC)CC1. The minimum absolute atomic E-state index is 0.0334. The first kappa shape index (κ1) is 32.6. The molecule has 1 saturated heterocycles. The summed E-state index contributed by atoms with van der Waals surface area (Å²) >= 11 is 1.71. The zero-order chi connectivity index (χ0) is 25.6. The van der Waals surface area contributed by atoms with Crippen molar-refractivity contribution in [3.63, 3.8) is 0 Å². The molecular weight excluding hydrogens is 470 g/mol. The van der Waals surface area contributed by atoms with Crippen LogP contribution in [0.1, 0.15) is 33.6 Å². The summed E-state index contributed by atoms with van der Waals surface area (Å²) in [6.07, 6.45) is 2.24. The number of hydrogen-bond acceptors (Lipinski definition) is 9. The van der Waals surface area contributed by atoms with Gasteiger partial charge in [0.05, 0.1) is 58.6 Å². The van der Waals surface area contributed by atoms with Crippen molar-refractivity contribution < 1.29 is 28.5 Å². The summed E-state index contributed by atoms with van der Waals surface area (Å²) in [7, 11) is 1.75. The molecular formula is C25H51N3O6S. The molecule has 1 N–H and O–H groups in total. The van der Waals surface area contributed by atoms with Crippen LogP contribution < -0.4 is 5.32 Å². The molecule has 9 nitrogen and oxygen atoms in total. The second kappa shape index (κ2) is 21.6. The van der Waals surface area contributed by atoms with E-state index in [1.807, 2.05) is 0 Å². The molecule has 0 spiro atoms. The van der Waals surface area contributed by atoms with Gasteiger partial charge in [-0.25, -0.2) is 0 Å². The van der Waals surface area contributed by atoms with E-state index in [4.69, 9.17) is 23.7 Å². The number of nitrogens with one attached hydrogen (secondary N) is 1. The van der Waals surface area contributed by atoms with E-state index in [2.05, 4.69) is 35.9 Å². The van der Waals surface area contributed by atoms with Crippen molar-refractivity contribution >= 4 is 17.7 Å². The first-order chi connectivity index (χ1) is 17.0. The van der Waals surface area contributed by atoms with E-state index in [1.54, 1.807) is 18.9 Å². The fraction of sp³-hybridized carbons (Fsp3) is 0.960. The van der Waals surface area contributed by atoms with Crippen LogP contribution in [0.25, 0.3) is 0 Å². The number of amides is 1. The largest absolute Gasteiger partial charge is 0.383 e. The molecule has 0 aromatic rings. The van der Waals surface area contributed by atoms with Gasteiger partial charge in [-0.05, 0) is 20.3 Å². The molecule has 10 heteroatoms. The summed E-state index contributed by atoms with van der Waals surface area (Å²) in [5.41, 5.74) is 0. The maximum Gasteiger partial charge on any atom is 0.230 e. The molecule has 1 aliphatic rings. The van der Waals surface area contributed by atoms with Crippen LogP contribution >= 0.6 is 11.8 Å². The van der Waals surface area contributed by atoms with Gasteiger partial charge in [0, 0.05) is 64.3 Å². The van der Waals surface area contributed by atoms with Crippen molar-refractivity contribution in [3.8, 4) is 0 Å². The lowest BCUT2D eigenvalue weighted by Gasteiger charge is -2.38. The van der Waals surface area contributed by atoms with Gasteiger partial charge in [0.2, 0.25) is 5.91 Å². The first-order valence-corrected chi connectivity index (χ1v) is 14.1. The fourth-order valence-electron chi connectivity index (χ4n) is 3.56. The Balaban J connectivity index is 1.91. The maximum atomic E-state index is 12.2. The summed E-state index contributed by atoms with van der Waals surface area (Å²) in [6.45, 7) is 18.9. The Bertz CT molecular complexity index is 508. The lowest BCUT2D eigenvalue weighted by Crippen LogP contribution is -2.50. The van der Waals surface area contributed by atoms with Crippen LogP contribution in [-0.4, -0.2) is 139 Å². The maximum absolute atomic E-state index is 12.2. The van der Waals surface area contributed by atoms with Gasteiger partial charge in [0.1, 0.15) is 0 Å². The lowest BCUT2D eigenvalue weighted by atomic mass is 10.1. The summed E-state index contributed by atoms with van der Waals surface area (Å²) < 4.78 is 27.1. The predicted octanol–water partition coefficient (Wildman–Crippen LogP) is 1.74. The summed E-state index contributed by atoms with van der Waals surface area (Å²) in [5.74, 6) is 0.524. The van der Waals surface area contributed by atoms with Crippen LogP contribution in [0.15, 0.2) is 0 Å². The quantitative estimate of drug-likeness (QED) is 0.202. The van der Waals surface area contributed by atoms with Crippen molar-refractivity contribution in [1.82, 2.24) is 15.1 Å². The van der Waals surface area contributed by atoms with Gasteiger partial charge < -0.3 is 29.0 Å². The Morgan fingerprint density at radius 1 is 0.829 bits per heavy atom. The third-order valence-electron chi connectivity index (χ3n) is 5.60. The molecule has 0 radical (unpaired) electrons. The predicted molar refractivity (Wildman–Crippen MR) is 142 cm³/mol. The molecule has 0 atom stereocenters. The van der Waals surface area contributed by atoms with Gasteiger partial charge >= 0.3 is 0 Å². The normalized spacial score (nSPS) is 15.5. The highest BCUT2D eigenvalue weighted by Gasteiger charge is 2.26. The molecule has 1 aliphatic heterocycles. The van der Waals surface area contributed by atoms with Crippen molar-refractivity contribution in [1.29, 1.82) is 0 Å². The smallest absolute Gasteiger partial charge is 0.230 e. The minimum Gasteiger partial charge on any atom is -0.383 e. The number of piperazine rings is 1. The molecule has 0 aromatic heterocycles. The summed E-state index contributed by atoms with van der Waals surface area (Å²) in [5, 5.41) is 2.94. The number of ether oxygens (including phenoxy) is 5. The van der Waals surface area contributed by atoms with E-state index in [1.165, 1.54) is 0 Å². The Morgan fingerprint density at radius 2 is 1.37 bits per heavy atom. The Morgan fingerprint density at radius 3 is 1.94 bits per heavy atom. The van der Waals surface area contributed by atoms with Crippen molar-refractivity contribution in [2.24, 2.45) is 0 Å². The van der Waals surface area contributed by atoms with Gasteiger partial charge in [-0.2, -0.15) is 0 Å². The zero-order valence-corrected chi connectivity index (χ0v) is 23.5. The summed E-state index contributed by atoms with van der Waals surface area (Å²) in [6, 6.07) is 0. The van der Waals surface area contributed by atoms with Gasteiger partial charge in [-0.3, -0.25) is 14.6 Å². The average Bonchev–Trinajstić information content (AvgIpc) is 2.84. The van der Waals surface area contributed by atoms with Crippen LogP contribution in [0.4, 0.5) is 0 Å². The standard InChI is InChI=1S/C25H51N3O6S/c1-5-6-13-31-16-18-33-20-21-34-19-17-32-14-7-26-24(29)22-35-25(2,3)23-28-10-8-27(9-11-28)12-15-30-4/h5-23H2,1-4H3,(H,26,29). The average molecular weight is 522 g/mol. The van der Waals surface area contributed by atoms with Crippen LogP contribution in [0, 0.1) is 0 Å². The zero-order valence-electron chi connectivity index (χ0n) is 22.7. The van der Waals surface area contributed by atoms with Crippen molar-refractivity contribution in [2.75, 3.05) is 118 Å². The van der Waals surface area contributed by atoms with E-state index in [-0.39, 0.29) is 10.7 Å². The Hall–Kier alpha value is -0.460. The van der Waals surface area contributed by atoms with Crippen LogP contribution in [-0.2, 0) is 28.5 Å². The molecule has 1 rings (SSSR count). The summed E-state index contributed by atoms with van der Waals surface area (Å²) in [4.78, 5) is 17.1. The second-order valence-electron chi connectivity index (χ2n) is 9.31. The van der Waals surface area contributed by atoms with Crippen molar-refractivity contribution in [3.05, 3.63) is 0 Å². The Labute approximate surface area is 217 Å². The molecule has 35 heavy (non-hydrogen) atoms. The van der Waals surface area contributed by atoms with Crippen LogP contribution in [0.5, 0.6) is 0 Å². The highest BCUT2D eigenvalue weighted by Crippen LogP contribution is 2.25. The third kappa shape index (κ3) is 19.3. The molecule has 1 heterocycles. The molecule has 1 fully saturated rings. The topological polar surface area (TPSA) is 81.7 Å². The first-order valence-electron chi connectivity index (χ1n) is 13.1. The van der Waals surface area contributed by atoms with Gasteiger partial charge in [0.15, 0.2) is 0 Å². The second-order valence-corrected chi connectivity index (χ2v) is 11.0. The molecule has 0 aromatic carbocycles. The molecule has 0 unspecified atom stereocenters. The Kier molecular flexibility index (Phi) is 20.1. The third-order valence-corrected chi connectivity index (χ3v) is 6.92. The molecule has 0 aliphatic carbocycles. The van der Waals surface area contributed by atoms with Crippen molar-refractivity contribution in [2.45, 2.75) is 38.4 Å².